The Bertz CT molecular complexity index is 1150. The molecule has 1 saturated carbocycles. The van der Waals surface area contributed by atoms with Gasteiger partial charge in [0.05, 0.1) is 30.9 Å². The molecule has 2 aromatic carbocycles. The highest BCUT2D eigenvalue weighted by Crippen LogP contribution is 2.35. The molecule has 1 heterocycles. The molecular weight excluding hydrogens is 478 g/mol. The van der Waals surface area contributed by atoms with Gasteiger partial charge < -0.3 is 29.7 Å². The summed E-state index contributed by atoms with van der Waals surface area (Å²) in [4.78, 5) is 11.6. The number of benzene rings is 2. The summed E-state index contributed by atoms with van der Waals surface area (Å²) in [6.07, 6.45) is 4.61. The zero-order valence-electron chi connectivity index (χ0n) is 23.5. The Morgan fingerprint density at radius 2 is 1.53 bits per heavy atom. The van der Waals surface area contributed by atoms with Gasteiger partial charge in [0, 0.05) is 50.7 Å². The van der Waals surface area contributed by atoms with Crippen molar-refractivity contribution in [3.05, 3.63) is 42.0 Å². The molecule has 0 unspecified atom stereocenters. The van der Waals surface area contributed by atoms with E-state index < -0.39 is 0 Å². The number of nitrogens with zero attached hydrogens (tertiary/aromatic N) is 3. The van der Waals surface area contributed by atoms with Crippen LogP contribution < -0.4 is 29.7 Å². The minimum Gasteiger partial charge on any atom is -0.494 e. The van der Waals surface area contributed by atoms with E-state index in [9.17, 15) is 0 Å². The number of anilines is 2. The van der Waals surface area contributed by atoms with Gasteiger partial charge in [-0.15, -0.1) is 0 Å². The number of rotatable bonds is 13. The van der Waals surface area contributed by atoms with Crippen LogP contribution in [0.25, 0.3) is 10.9 Å². The Hall–Kier alpha value is -3.26. The molecule has 1 aliphatic carbocycles. The lowest BCUT2D eigenvalue weighted by molar-refractivity contribution is 0.285. The van der Waals surface area contributed by atoms with Gasteiger partial charge in [-0.3, -0.25) is 0 Å². The molecule has 0 atom stereocenters. The average molecular weight is 522 g/mol. The Morgan fingerprint density at radius 1 is 0.868 bits per heavy atom. The summed E-state index contributed by atoms with van der Waals surface area (Å²) in [5, 5.41) is 8.36. The second-order valence-electron chi connectivity index (χ2n) is 9.96. The van der Waals surface area contributed by atoms with Crippen LogP contribution >= 0.6 is 0 Å². The van der Waals surface area contributed by atoms with Gasteiger partial charge in [-0.2, -0.15) is 4.98 Å². The standard InChI is InChI=1S/C30H43N5O3/c1-6-36-23-17-27(37-7-2)25(28(18-23)38-8-3)20-31-22-15-13-21(14-16-22)19-32-30-33-26-12-10-9-11-24(26)29(34-30)35(4)5/h9-12,17-18,21-22,31H,6-8,13-16,19-20H2,1-5H3,(H,32,33,34). The maximum absolute atomic E-state index is 5.97. The lowest BCUT2D eigenvalue weighted by Gasteiger charge is -2.30. The van der Waals surface area contributed by atoms with Crippen molar-refractivity contribution in [2.45, 2.75) is 59.0 Å². The van der Waals surface area contributed by atoms with Crippen LogP contribution in [0, 0.1) is 5.92 Å². The number of hydrogen-bond donors (Lipinski definition) is 2. The third kappa shape index (κ3) is 6.98. The van der Waals surface area contributed by atoms with Gasteiger partial charge in [-0.25, -0.2) is 4.98 Å². The molecule has 0 radical (unpaired) electrons. The number of nitrogens with one attached hydrogen (secondary N) is 2. The monoisotopic (exact) mass is 521 g/mol. The van der Waals surface area contributed by atoms with Gasteiger partial charge in [0.2, 0.25) is 5.95 Å². The molecular formula is C30H43N5O3. The second-order valence-corrected chi connectivity index (χ2v) is 9.96. The van der Waals surface area contributed by atoms with Gasteiger partial charge in [-0.05, 0) is 64.5 Å². The van der Waals surface area contributed by atoms with Gasteiger partial charge in [0.1, 0.15) is 23.1 Å². The lowest BCUT2D eigenvalue weighted by Crippen LogP contribution is -2.34. The third-order valence-electron chi connectivity index (χ3n) is 7.02. The third-order valence-corrected chi connectivity index (χ3v) is 7.02. The summed E-state index contributed by atoms with van der Waals surface area (Å²) in [7, 11) is 4.05. The molecule has 0 amide bonds. The zero-order chi connectivity index (χ0) is 26.9. The summed E-state index contributed by atoms with van der Waals surface area (Å²) in [6, 6.07) is 12.6. The normalized spacial score (nSPS) is 17.3. The number of para-hydroxylation sites is 1. The van der Waals surface area contributed by atoms with Crippen LogP contribution in [-0.4, -0.2) is 56.5 Å². The molecule has 0 saturated heterocycles. The molecule has 1 fully saturated rings. The van der Waals surface area contributed by atoms with Crippen LogP contribution in [0.1, 0.15) is 52.0 Å². The Labute approximate surface area is 227 Å². The lowest BCUT2D eigenvalue weighted by atomic mass is 9.86. The molecule has 2 N–H and O–H groups in total. The van der Waals surface area contributed by atoms with E-state index in [4.69, 9.17) is 24.2 Å². The molecule has 8 heteroatoms. The molecule has 4 rings (SSSR count). The van der Waals surface area contributed by atoms with Crippen molar-refractivity contribution >= 4 is 22.7 Å². The first-order chi connectivity index (χ1) is 18.5. The van der Waals surface area contributed by atoms with Crippen LogP contribution in [0.3, 0.4) is 0 Å². The van der Waals surface area contributed by atoms with Crippen LogP contribution in [0.5, 0.6) is 17.2 Å². The van der Waals surface area contributed by atoms with E-state index >= 15 is 0 Å². The largest absolute Gasteiger partial charge is 0.494 e. The fraction of sp³-hybridized carbons (Fsp3) is 0.533. The first kappa shape index (κ1) is 27.8. The first-order valence-corrected chi connectivity index (χ1v) is 14.0. The molecule has 1 aromatic heterocycles. The molecule has 38 heavy (non-hydrogen) atoms. The van der Waals surface area contributed by atoms with Gasteiger partial charge in [0.15, 0.2) is 0 Å². The average Bonchev–Trinajstić information content (AvgIpc) is 2.92. The van der Waals surface area contributed by atoms with E-state index in [1.807, 2.05) is 70.1 Å². The van der Waals surface area contributed by atoms with Crippen LogP contribution in [-0.2, 0) is 6.54 Å². The molecule has 8 nitrogen and oxygen atoms in total. The highest BCUT2D eigenvalue weighted by molar-refractivity contribution is 5.90. The molecule has 0 aliphatic heterocycles. The van der Waals surface area contributed by atoms with Crippen LogP contribution in [0.4, 0.5) is 11.8 Å². The summed E-state index contributed by atoms with van der Waals surface area (Å²) in [5.41, 5.74) is 2.03. The first-order valence-electron chi connectivity index (χ1n) is 14.0. The smallest absolute Gasteiger partial charge is 0.225 e. The van der Waals surface area contributed by atoms with E-state index in [-0.39, 0.29) is 0 Å². The quantitative estimate of drug-likeness (QED) is 0.299. The van der Waals surface area contributed by atoms with Crippen LogP contribution in [0.2, 0.25) is 0 Å². The molecule has 1 aliphatic rings. The number of ether oxygens (including phenoxy) is 3. The van der Waals surface area contributed by atoms with Crippen molar-refractivity contribution < 1.29 is 14.2 Å². The topological polar surface area (TPSA) is 80.8 Å². The number of fused-ring (bicyclic) bond motifs is 1. The molecule has 3 aromatic rings. The van der Waals surface area contributed by atoms with E-state index in [1.54, 1.807) is 0 Å². The van der Waals surface area contributed by atoms with E-state index in [0.717, 1.165) is 58.9 Å². The summed E-state index contributed by atoms with van der Waals surface area (Å²) in [5.74, 6) is 4.70. The Kier molecular flexibility index (Phi) is 9.87. The van der Waals surface area contributed by atoms with Gasteiger partial charge in [-0.1, -0.05) is 12.1 Å². The van der Waals surface area contributed by atoms with Crippen molar-refractivity contribution in [1.82, 2.24) is 15.3 Å². The fourth-order valence-corrected chi connectivity index (χ4v) is 5.12. The fourth-order valence-electron chi connectivity index (χ4n) is 5.12. The van der Waals surface area contributed by atoms with Crippen molar-refractivity contribution in [3.8, 4) is 17.2 Å². The highest BCUT2D eigenvalue weighted by atomic mass is 16.5. The van der Waals surface area contributed by atoms with Gasteiger partial charge >= 0.3 is 0 Å². The summed E-state index contributed by atoms with van der Waals surface area (Å²) in [6.45, 7) is 9.40. The van der Waals surface area contributed by atoms with Crippen molar-refractivity contribution in [3.63, 3.8) is 0 Å². The molecule has 0 bridgehead atoms. The van der Waals surface area contributed by atoms with Gasteiger partial charge in [0.25, 0.3) is 0 Å². The molecule has 206 valence electrons. The Balaban J connectivity index is 1.33. The summed E-state index contributed by atoms with van der Waals surface area (Å²) >= 11 is 0. The maximum atomic E-state index is 5.97. The van der Waals surface area contributed by atoms with E-state index in [0.29, 0.717) is 44.3 Å². The van der Waals surface area contributed by atoms with E-state index in [2.05, 4.69) is 16.7 Å². The SMILES string of the molecule is CCOc1cc(OCC)c(CNC2CCC(CNc3nc(N(C)C)c4ccccc4n3)CC2)c(OCC)c1. The number of hydrogen-bond acceptors (Lipinski definition) is 8. The minimum absolute atomic E-state index is 0.471. The van der Waals surface area contributed by atoms with Crippen molar-refractivity contribution in [2.75, 3.05) is 50.7 Å². The predicted octanol–water partition coefficient (Wildman–Crippen LogP) is 5.65. The predicted molar refractivity (Wildman–Crippen MR) is 155 cm³/mol. The van der Waals surface area contributed by atoms with E-state index in [1.165, 1.54) is 12.8 Å². The zero-order valence-corrected chi connectivity index (χ0v) is 23.5. The van der Waals surface area contributed by atoms with Crippen molar-refractivity contribution in [2.24, 2.45) is 5.92 Å². The minimum atomic E-state index is 0.471. The number of aromatic nitrogens is 2. The highest BCUT2D eigenvalue weighted by Gasteiger charge is 2.23. The van der Waals surface area contributed by atoms with Crippen LogP contribution in [0.15, 0.2) is 36.4 Å². The summed E-state index contributed by atoms with van der Waals surface area (Å²) < 4.78 is 17.7. The Morgan fingerprint density at radius 3 is 2.16 bits per heavy atom. The molecule has 0 spiro atoms. The second kappa shape index (κ2) is 13.5. The maximum Gasteiger partial charge on any atom is 0.225 e. The van der Waals surface area contributed by atoms with Crippen molar-refractivity contribution in [1.29, 1.82) is 0 Å².